The third-order valence-electron chi connectivity index (χ3n) is 2.60. The number of hydrogen-bond donors (Lipinski definition) is 1. The molecule has 0 aromatic carbocycles. The fourth-order valence-corrected chi connectivity index (χ4v) is 1.69. The van der Waals surface area contributed by atoms with Gasteiger partial charge in [0.15, 0.2) is 0 Å². The lowest BCUT2D eigenvalue weighted by Crippen LogP contribution is -2.23. The summed E-state index contributed by atoms with van der Waals surface area (Å²) in [6, 6.07) is 8.07. The van der Waals surface area contributed by atoms with Crippen LogP contribution in [0.3, 0.4) is 0 Å². The Morgan fingerprint density at radius 3 is 2.75 bits per heavy atom. The van der Waals surface area contributed by atoms with E-state index in [4.69, 9.17) is 10.2 Å². The molecule has 3 heteroatoms. The number of nitrogens with two attached hydrogens (primary N) is 1. The molecule has 0 fully saturated rings. The molecule has 0 aliphatic rings. The van der Waals surface area contributed by atoms with Crippen LogP contribution in [-0.4, -0.2) is 11.0 Å². The van der Waals surface area contributed by atoms with Crippen LogP contribution in [0, 0.1) is 0 Å². The first-order chi connectivity index (χ1) is 7.84. The molecule has 1 atom stereocenters. The second-order valence-corrected chi connectivity index (χ2v) is 3.94. The van der Waals surface area contributed by atoms with Gasteiger partial charge in [0.25, 0.3) is 0 Å². The monoisotopic (exact) mass is 216 g/mol. The molecule has 2 N–H and O–H groups in total. The van der Waals surface area contributed by atoms with E-state index >= 15 is 0 Å². The molecule has 2 aromatic rings. The zero-order chi connectivity index (χ0) is 11.2. The molecule has 0 bridgehead atoms. The Morgan fingerprint density at radius 2 is 2.06 bits per heavy atom. The Hall–Kier alpha value is -1.61. The van der Waals surface area contributed by atoms with Crippen molar-refractivity contribution in [1.29, 1.82) is 0 Å². The summed E-state index contributed by atoms with van der Waals surface area (Å²) in [5, 5.41) is 0. The number of hydrogen-bond acceptors (Lipinski definition) is 3. The molecule has 16 heavy (non-hydrogen) atoms. The summed E-state index contributed by atoms with van der Waals surface area (Å²) < 4.78 is 5.27. The van der Waals surface area contributed by atoms with Gasteiger partial charge >= 0.3 is 0 Å². The highest BCUT2D eigenvalue weighted by Gasteiger charge is 2.06. The van der Waals surface area contributed by atoms with Crippen LogP contribution in [0.1, 0.15) is 17.7 Å². The molecule has 2 heterocycles. The van der Waals surface area contributed by atoms with Crippen molar-refractivity contribution in [3.8, 4) is 0 Å². The Balaban J connectivity index is 1.78. The minimum atomic E-state index is 0.152. The van der Waals surface area contributed by atoms with Gasteiger partial charge in [-0.05, 0) is 42.7 Å². The van der Waals surface area contributed by atoms with Gasteiger partial charge < -0.3 is 10.2 Å². The van der Waals surface area contributed by atoms with E-state index in [1.54, 1.807) is 6.26 Å². The van der Waals surface area contributed by atoms with E-state index in [0.717, 1.165) is 25.0 Å². The average Bonchev–Trinajstić information content (AvgIpc) is 2.81. The van der Waals surface area contributed by atoms with Crippen LogP contribution in [0.2, 0.25) is 0 Å². The van der Waals surface area contributed by atoms with Gasteiger partial charge in [-0.2, -0.15) is 0 Å². The predicted octanol–water partition coefficient (Wildman–Crippen LogP) is 2.18. The first kappa shape index (κ1) is 10.9. The maximum atomic E-state index is 6.04. The maximum Gasteiger partial charge on any atom is 0.105 e. The highest BCUT2D eigenvalue weighted by atomic mass is 16.3. The van der Waals surface area contributed by atoms with Gasteiger partial charge in [0.1, 0.15) is 5.76 Å². The van der Waals surface area contributed by atoms with Gasteiger partial charge in [0.2, 0.25) is 0 Å². The topological polar surface area (TPSA) is 52.0 Å². The van der Waals surface area contributed by atoms with Crippen molar-refractivity contribution in [2.24, 2.45) is 5.73 Å². The number of furan rings is 1. The third kappa shape index (κ3) is 3.21. The molecule has 2 aromatic heterocycles. The summed E-state index contributed by atoms with van der Waals surface area (Å²) in [5.41, 5.74) is 7.32. The Kier molecular flexibility index (Phi) is 3.72. The zero-order valence-electron chi connectivity index (χ0n) is 9.17. The molecule has 0 aliphatic carbocycles. The van der Waals surface area contributed by atoms with Crippen LogP contribution < -0.4 is 5.73 Å². The van der Waals surface area contributed by atoms with E-state index in [9.17, 15) is 0 Å². The van der Waals surface area contributed by atoms with Gasteiger partial charge in [-0.15, -0.1) is 0 Å². The van der Waals surface area contributed by atoms with Gasteiger partial charge in [0, 0.05) is 24.9 Å². The van der Waals surface area contributed by atoms with E-state index in [1.807, 2.05) is 36.7 Å². The van der Waals surface area contributed by atoms with E-state index in [-0.39, 0.29) is 6.04 Å². The van der Waals surface area contributed by atoms with E-state index in [0.29, 0.717) is 0 Å². The number of aromatic nitrogens is 1. The minimum Gasteiger partial charge on any atom is -0.469 e. The van der Waals surface area contributed by atoms with Crippen LogP contribution in [0.5, 0.6) is 0 Å². The second kappa shape index (κ2) is 5.47. The molecule has 0 saturated heterocycles. The highest BCUT2D eigenvalue weighted by Crippen LogP contribution is 2.08. The molecule has 3 nitrogen and oxygen atoms in total. The van der Waals surface area contributed by atoms with Crippen LogP contribution in [-0.2, 0) is 12.8 Å². The van der Waals surface area contributed by atoms with E-state index in [1.165, 1.54) is 5.56 Å². The average molecular weight is 216 g/mol. The lowest BCUT2D eigenvalue weighted by molar-refractivity contribution is 0.474. The minimum absolute atomic E-state index is 0.152. The Morgan fingerprint density at radius 1 is 1.25 bits per heavy atom. The number of pyridine rings is 1. The fourth-order valence-electron chi connectivity index (χ4n) is 1.69. The van der Waals surface area contributed by atoms with Crippen molar-refractivity contribution < 1.29 is 4.42 Å². The summed E-state index contributed by atoms with van der Waals surface area (Å²) >= 11 is 0. The first-order valence-electron chi connectivity index (χ1n) is 5.51. The van der Waals surface area contributed by atoms with Crippen molar-refractivity contribution in [3.05, 3.63) is 54.2 Å². The normalized spacial score (nSPS) is 12.6. The predicted molar refractivity (Wildman–Crippen MR) is 62.9 cm³/mol. The Bertz CT molecular complexity index is 397. The highest BCUT2D eigenvalue weighted by molar-refractivity contribution is 5.10. The van der Waals surface area contributed by atoms with Gasteiger partial charge in [0.05, 0.1) is 6.26 Å². The molecule has 84 valence electrons. The Labute approximate surface area is 95.3 Å². The fraction of sp³-hybridized carbons (Fsp3) is 0.308. The SMILES string of the molecule is NC(CCc1ccncc1)Cc1ccco1. The largest absolute Gasteiger partial charge is 0.469 e. The molecule has 0 spiro atoms. The van der Waals surface area contributed by atoms with E-state index in [2.05, 4.69) is 4.98 Å². The maximum absolute atomic E-state index is 6.04. The van der Waals surface area contributed by atoms with Gasteiger partial charge in [-0.1, -0.05) is 0 Å². The van der Waals surface area contributed by atoms with Crippen molar-refractivity contribution in [1.82, 2.24) is 4.98 Å². The number of nitrogens with zero attached hydrogens (tertiary/aromatic N) is 1. The smallest absolute Gasteiger partial charge is 0.105 e. The summed E-state index contributed by atoms with van der Waals surface area (Å²) in [7, 11) is 0. The lowest BCUT2D eigenvalue weighted by atomic mass is 10.0. The molecule has 1 unspecified atom stereocenters. The van der Waals surface area contributed by atoms with Gasteiger partial charge in [-0.3, -0.25) is 4.98 Å². The molecule has 0 aliphatic heterocycles. The zero-order valence-corrected chi connectivity index (χ0v) is 9.17. The summed E-state index contributed by atoms with van der Waals surface area (Å²) in [4.78, 5) is 3.99. The van der Waals surface area contributed by atoms with Crippen LogP contribution >= 0.6 is 0 Å². The standard InChI is InChI=1S/C13H16N2O/c14-12(10-13-2-1-9-16-13)4-3-11-5-7-15-8-6-11/h1-2,5-9,12H,3-4,10,14H2. The quantitative estimate of drug-likeness (QED) is 0.833. The summed E-state index contributed by atoms with van der Waals surface area (Å²) in [6.45, 7) is 0. The van der Waals surface area contributed by atoms with Crippen molar-refractivity contribution in [3.63, 3.8) is 0 Å². The molecular weight excluding hydrogens is 200 g/mol. The summed E-state index contributed by atoms with van der Waals surface area (Å²) in [5.74, 6) is 0.960. The molecule has 0 amide bonds. The molecule has 0 saturated carbocycles. The van der Waals surface area contributed by atoms with E-state index < -0.39 is 0 Å². The van der Waals surface area contributed by atoms with Crippen LogP contribution in [0.15, 0.2) is 47.3 Å². The van der Waals surface area contributed by atoms with Crippen LogP contribution in [0.25, 0.3) is 0 Å². The van der Waals surface area contributed by atoms with Crippen molar-refractivity contribution >= 4 is 0 Å². The van der Waals surface area contributed by atoms with Gasteiger partial charge in [-0.25, -0.2) is 0 Å². The van der Waals surface area contributed by atoms with Crippen molar-refractivity contribution in [2.45, 2.75) is 25.3 Å². The van der Waals surface area contributed by atoms with Crippen molar-refractivity contribution in [2.75, 3.05) is 0 Å². The molecular formula is C13H16N2O. The molecule has 0 radical (unpaired) electrons. The lowest BCUT2D eigenvalue weighted by Gasteiger charge is -2.09. The number of aryl methyl sites for hydroxylation is 1. The summed E-state index contributed by atoms with van der Waals surface area (Å²) in [6.07, 6.45) is 8.07. The first-order valence-corrected chi connectivity index (χ1v) is 5.51. The molecule has 2 rings (SSSR count). The third-order valence-corrected chi connectivity index (χ3v) is 2.60. The van der Waals surface area contributed by atoms with Crippen LogP contribution in [0.4, 0.5) is 0 Å². The second-order valence-electron chi connectivity index (χ2n) is 3.94. The number of rotatable bonds is 5.